The van der Waals surface area contributed by atoms with Gasteiger partial charge >= 0.3 is 17.8 Å². The van der Waals surface area contributed by atoms with Crippen molar-refractivity contribution in [3.05, 3.63) is 38.4 Å². The molecule has 0 fully saturated rings. The van der Waals surface area contributed by atoms with E-state index in [-0.39, 0.29) is 6.08 Å². The molecule has 10 heteroatoms. The Labute approximate surface area is 94.6 Å². The number of hydrogen-bond donors (Lipinski definition) is 3. The minimum absolute atomic E-state index is 0.0515. The monoisotopic (exact) mass is 272 g/mol. The minimum Gasteiger partial charge on any atom is -0.506 e. The van der Waals surface area contributed by atoms with Gasteiger partial charge in [-0.05, 0) is 0 Å². The Balaban J connectivity index is 3.25. The van der Waals surface area contributed by atoms with Crippen molar-refractivity contribution < 1.29 is 27.1 Å². The van der Waals surface area contributed by atoms with Crippen LogP contribution in [-0.4, -0.2) is 27.2 Å². The lowest BCUT2D eigenvalue weighted by Crippen LogP contribution is -2.38. The van der Waals surface area contributed by atoms with Crippen molar-refractivity contribution in [2.24, 2.45) is 0 Å². The Bertz CT molecular complexity index is 555. The average molecular weight is 272 g/mol. The van der Waals surface area contributed by atoms with E-state index in [0.29, 0.717) is 6.07 Å². The molecule has 1 rings (SSSR count). The lowest BCUT2D eigenvalue weighted by Gasteiger charge is -2.18. The molecule has 18 heavy (non-hydrogen) atoms. The predicted molar refractivity (Wildman–Crippen MR) is 49.3 cm³/mol. The zero-order valence-electron chi connectivity index (χ0n) is 8.31. The molecular weight excluding hydrogens is 267 g/mol. The first kappa shape index (κ1) is 13.9. The van der Waals surface area contributed by atoms with E-state index in [2.05, 4.69) is 0 Å². The van der Waals surface area contributed by atoms with E-state index in [1.807, 2.05) is 0 Å². The molecule has 0 aliphatic heterocycles. The average Bonchev–Trinajstić information content (AvgIpc) is 2.13. The van der Waals surface area contributed by atoms with Gasteiger partial charge in [0.25, 0.3) is 5.56 Å². The maximum absolute atomic E-state index is 12.6. The largest absolute Gasteiger partial charge is 0.506 e. The summed E-state index contributed by atoms with van der Waals surface area (Å²) in [4.78, 5) is 24.9. The van der Waals surface area contributed by atoms with Gasteiger partial charge in [-0.2, -0.15) is 22.0 Å². The number of aliphatic hydroxyl groups excluding tert-OH is 1. The van der Waals surface area contributed by atoms with Crippen LogP contribution in [0.3, 0.4) is 0 Å². The molecule has 0 atom stereocenters. The predicted octanol–water partition coefficient (Wildman–Crippen LogP) is 1.16. The van der Waals surface area contributed by atoms with Gasteiger partial charge in [0, 0.05) is 12.1 Å². The van der Waals surface area contributed by atoms with E-state index in [1.54, 1.807) is 9.97 Å². The molecule has 0 saturated heterocycles. The number of rotatable bonds is 2. The number of aliphatic hydroxyl groups is 1. The standard InChI is InChI=1S/C8H5F5N2O3/c9-7(10,8(11,12)13)4(16)1-3-2-5(17)15-6(18)14-3/h1-2,16H,(H2,14,15,17,18). The molecule has 0 spiro atoms. The van der Waals surface area contributed by atoms with Crippen molar-refractivity contribution >= 4 is 6.08 Å². The van der Waals surface area contributed by atoms with E-state index in [0.717, 1.165) is 0 Å². The fourth-order valence-corrected chi connectivity index (χ4v) is 0.949. The highest BCUT2D eigenvalue weighted by Gasteiger charge is 2.60. The van der Waals surface area contributed by atoms with Crippen LogP contribution >= 0.6 is 0 Å². The molecule has 0 amide bonds. The van der Waals surface area contributed by atoms with Crippen LogP contribution in [0.25, 0.3) is 6.08 Å². The van der Waals surface area contributed by atoms with Gasteiger partial charge in [-0.15, -0.1) is 0 Å². The molecule has 0 bridgehead atoms. The van der Waals surface area contributed by atoms with Crippen LogP contribution in [0.2, 0.25) is 0 Å². The van der Waals surface area contributed by atoms with Crippen molar-refractivity contribution in [1.82, 2.24) is 9.97 Å². The van der Waals surface area contributed by atoms with Gasteiger partial charge in [0.15, 0.2) is 5.76 Å². The maximum Gasteiger partial charge on any atom is 0.461 e. The molecule has 100 valence electrons. The van der Waals surface area contributed by atoms with Crippen molar-refractivity contribution in [1.29, 1.82) is 0 Å². The number of aromatic nitrogens is 2. The van der Waals surface area contributed by atoms with E-state index >= 15 is 0 Å². The molecule has 0 aliphatic rings. The van der Waals surface area contributed by atoms with Crippen molar-refractivity contribution in [3.63, 3.8) is 0 Å². The zero-order valence-corrected chi connectivity index (χ0v) is 8.31. The number of aromatic amines is 2. The number of nitrogens with one attached hydrogen (secondary N) is 2. The van der Waals surface area contributed by atoms with Gasteiger partial charge in [0.05, 0.1) is 5.69 Å². The molecule has 0 radical (unpaired) electrons. The third-order valence-corrected chi connectivity index (χ3v) is 1.75. The molecular formula is C8H5F5N2O3. The molecule has 1 heterocycles. The fourth-order valence-electron chi connectivity index (χ4n) is 0.949. The SMILES string of the molecule is O=c1cc(C=C(O)C(F)(F)C(F)(F)F)[nH]c(=O)[nH]1. The van der Waals surface area contributed by atoms with Gasteiger partial charge in [0.2, 0.25) is 0 Å². The summed E-state index contributed by atoms with van der Waals surface area (Å²) < 4.78 is 60.7. The highest BCUT2D eigenvalue weighted by atomic mass is 19.4. The van der Waals surface area contributed by atoms with Crippen LogP contribution in [0.4, 0.5) is 22.0 Å². The summed E-state index contributed by atoms with van der Waals surface area (Å²) in [5.74, 6) is -7.82. The number of H-pyrrole nitrogens is 2. The first-order valence-corrected chi connectivity index (χ1v) is 4.23. The van der Waals surface area contributed by atoms with Crippen LogP contribution in [-0.2, 0) is 0 Å². The Hall–Kier alpha value is -2.13. The van der Waals surface area contributed by atoms with Crippen LogP contribution in [0, 0.1) is 0 Å². The molecule has 1 aromatic rings. The van der Waals surface area contributed by atoms with Crippen LogP contribution in [0.1, 0.15) is 5.69 Å². The van der Waals surface area contributed by atoms with Crippen molar-refractivity contribution in [2.45, 2.75) is 12.1 Å². The lowest BCUT2D eigenvalue weighted by atomic mass is 10.2. The van der Waals surface area contributed by atoms with Crippen molar-refractivity contribution in [2.75, 3.05) is 0 Å². The summed E-state index contributed by atoms with van der Waals surface area (Å²) in [7, 11) is 0. The topological polar surface area (TPSA) is 85.9 Å². The molecule has 0 aliphatic carbocycles. The third kappa shape index (κ3) is 2.76. The minimum atomic E-state index is -5.99. The summed E-state index contributed by atoms with van der Waals surface area (Å²) in [5.41, 5.74) is -2.82. The van der Waals surface area contributed by atoms with Crippen LogP contribution in [0.5, 0.6) is 0 Å². The first-order chi connectivity index (χ1) is 8.04. The van der Waals surface area contributed by atoms with E-state index in [1.165, 1.54) is 0 Å². The van der Waals surface area contributed by atoms with E-state index in [9.17, 15) is 31.5 Å². The van der Waals surface area contributed by atoms with Gasteiger partial charge in [-0.3, -0.25) is 9.78 Å². The quantitative estimate of drug-likeness (QED) is 0.557. The van der Waals surface area contributed by atoms with Crippen LogP contribution in [0.15, 0.2) is 21.4 Å². The fraction of sp³-hybridized carbons (Fsp3) is 0.250. The third-order valence-electron chi connectivity index (χ3n) is 1.75. The summed E-state index contributed by atoms with van der Waals surface area (Å²) in [6.45, 7) is 0. The number of alkyl halides is 5. The van der Waals surface area contributed by atoms with Gasteiger partial charge in [-0.25, -0.2) is 4.79 Å². The molecule has 0 saturated carbocycles. The Kier molecular flexibility index (Phi) is 3.31. The zero-order chi connectivity index (χ0) is 14.1. The Morgan fingerprint density at radius 3 is 2.17 bits per heavy atom. The first-order valence-electron chi connectivity index (χ1n) is 4.23. The number of halogens is 5. The Morgan fingerprint density at radius 2 is 1.72 bits per heavy atom. The number of allylic oxidation sites excluding steroid dienone is 1. The van der Waals surface area contributed by atoms with Crippen molar-refractivity contribution in [3.8, 4) is 0 Å². The molecule has 1 aromatic heterocycles. The van der Waals surface area contributed by atoms with Gasteiger partial charge in [-0.1, -0.05) is 0 Å². The van der Waals surface area contributed by atoms with Gasteiger partial charge < -0.3 is 10.1 Å². The second-order valence-electron chi connectivity index (χ2n) is 3.14. The Morgan fingerprint density at radius 1 is 1.17 bits per heavy atom. The number of hydrogen-bond acceptors (Lipinski definition) is 3. The second-order valence-corrected chi connectivity index (χ2v) is 3.14. The molecule has 5 nitrogen and oxygen atoms in total. The summed E-state index contributed by atoms with van der Waals surface area (Å²) >= 11 is 0. The molecule has 0 aromatic carbocycles. The van der Waals surface area contributed by atoms with E-state index in [4.69, 9.17) is 5.11 Å². The van der Waals surface area contributed by atoms with E-state index < -0.39 is 34.8 Å². The highest BCUT2D eigenvalue weighted by molar-refractivity contribution is 5.48. The maximum atomic E-state index is 12.6. The smallest absolute Gasteiger partial charge is 0.461 e. The normalized spacial score (nSPS) is 13.7. The van der Waals surface area contributed by atoms with Gasteiger partial charge in [0.1, 0.15) is 0 Å². The highest BCUT2D eigenvalue weighted by Crippen LogP contribution is 2.40. The second kappa shape index (κ2) is 4.27. The summed E-state index contributed by atoms with van der Waals surface area (Å²) in [6, 6.07) is 0.532. The molecule has 3 N–H and O–H groups in total. The lowest BCUT2D eigenvalue weighted by molar-refractivity contribution is -0.273. The summed E-state index contributed by atoms with van der Waals surface area (Å²) in [6.07, 6.45) is -6.04. The summed E-state index contributed by atoms with van der Waals surface area (Å²) in [5, 5.41) is 8.70. The molecule has 0 unspecified atom stereocenters. The van der Waals surface area contributed by atoms with Crippen LogP contribution < -0.4 is 11.2 Å².